The van der Waals surface area contributed by atoms with E-state index in [9.17, 15) is 4.55 Å². The van der Waals surface area contributed by atoms with E-state index in [2.05, 4.69) is 13.0 Å². The Bertz CT molecular complexity index is 294. The molecule has 0 heterocycles. The van der Waals surface area contributed by atoms with Crippen LogP contribution in [-0.2, 0) is 11.2 Å². The molecule has 2 heteroatoms. The predicted octanol–water partition coefficient (Wildman–Crippen LogP) is 2.82. The fraction of sp³-hybridized carbons (Fsp3) is 0.455. The molecule has 0 aliphatic carbocycles. The lowest BCUT2D eigenvalue weighted by Gasteiger charge is -2.15. The molecule has 0 radical (unpaired) electrons. The molecular formula is C11H16OS. The van der Waals surface area contributed by atoms with Crippen molar-refractivity contribution in [2.45, 2.75) is 37.8 Å². The van der Waals surface area contributed by atoms with Gasteiger partial charge in [-0.25, -0.2) is 0 Å². The first-order valence-corrected chi connectivity index (χ1v) is 5.71. The van der Waals surface area contributed by atoms with Gasteiger partial charge in [-0.2, -0.15) is 0 Å². The molecule has 1 rings (SSSR count). The monoisotopic (exact) mass is 196 g/mol. The van der Waals surface area contributed by atoms with Crippen LogP contribution in [0.4, 0.5) is 0 Å². The summed E-state index contributed by atoms with van der Waals surface area (Å²) in [5, 5.41) is 0.196. The Labute approximate surface area is 83.4 Å². The summed E-state index contributed by atoms with van der Waals surface area (Å²) in [6.45, 7) is 8.03. The van der Waals surface area contributed by atoms with Crippen LogP contribution in [0.2, 0.25) is 0 Å². The van der Waals surface area contributed by atoms with Crippen molar-refractivity contribution in [3.8, 4) is 0 Å². The zero-order chi connectivity index (χ0) is 10.0. The van der Waals surface area contributed by atoms with Crippen molar-refractivity contribution in [3.63, 3.8) is 0 Å². The van der Waals surface area contributed by atoms with E-state index in [1.165, 1.54) is 5.56 Å². The van der Waals surface area contributed by atoms with Crippen LogP contribution in [0.5, 0.6) is 0 Å². The summed E-state index contributed by atoms with van der Waals surface area (Å²) in [6.07, 6.45) is 0. The average molecular weight is 196 g/mol. The SMILES string of the molecule is Cc1ccc([S+]([O-])C(C)C)c(C)c1. The summed E-state index contributed by atoms with van der Waals surface area (Å²) in [4.78, 5) is 0.973. The lowest BCUT2D eigenvalue weighted by molar-refractivity contribution is 0.586. The van der Waals surface area contributed by atoms with Crippen LogP contribution in [0.1, 0.15) is 25.0 Å². The third-order valence-electron chi connectivity index (χ3n) is 1.98. The van der Waals surface area contributed by atoms with E-state index < -0.39 is 11.2 Å². The lowest BCUT2D eigenvalue weighted by atomic mass is 10.2. The Kier molecular flexibility index (Phi) is 3.40. The van der Waals surface area contributed by atoms with Crippen LogP contribution in [0, 0.1) is 13.8 Å². The molecule has 0 saturated carbocycles. The van der Waals surface area contributed by atoms with Gasteiger partial charge in [-0.1, -0.05) is 17.7 Å². The maximum absolute atomic E-state index is 11.8. The van der Waals surface area contributed by atoms with Gasteiger partial charge in [0, 0.05) is 5.56 Å². The molecule has 0 spiro atoms. The first-order valence-electron chi connectivity index (χ1n) is 4.50. The molecular weight excluding hydrogens is 180 g/mol. The van der Waals surface area contributed by atoms with Gasteiger partial charge >= 0.3 is 0 Å². The summed E-state index contributed by atoms with van der Waals surface area (Å²) in [5.41, 5.74) is 2.36. The highest BCUT2D eigenvalue weighted by Gasteiger charge is 2.17. The maximum Gasteiger partial charge on any atom is 0.155 e. The first kappa shape index (κ1) is 10.6. The summed E-state index contributed by atoms with van der Waals surface area (Å²) in [5.74, 6) is 0. The molecule has 0 amide bonds. The number of rotatable bonds is 2. The Balaban J connectivity index is 3.01. The Hall–Kier alpha value is -0.470. The average Bonchev–Trinajstić information content (AvgIpc) is 2.03. The molecule has 1 aromatic rings. The van der Waals surface area contributed by atoms with Gasteiger partial charge < -0.3 is 4.55 Å². The van der Waals surface area contributed by atoms with Gasteiger partial charge in [-0.3, -0.25) is 0 Å². The third kappa shape index (κ3) is 2.48. The van der Waals surface area contributed by atoms with Gasteiger partial charge in [-0.15, -0.1) is 0 Å². The minimum absolute atomic E-state index is 0.196. The van der Waals surface area contributed by atoms with Crippen molar-refractivity contribution in [2.24, 2.45) is 0 Å². The molecule has 0 fully saturated rings. The van der Waals surface area contributed by atoms with E-state index >= 15 is 0 Å². The van der Waals surface area contributed by atoms with Crippen molar-refractivity contribution >= 4 is 11.2 Å². The standard InChI is InChI=1S/C11H16OS/c1-8(2)13(12)11-6-5-9(3)7-10(11)4/h5-8H,1-4H3. The quantitative estimate of drug-likeness (QED) is 0.667. The smallest absolute Gasteiger partial charge is 0.155 e. The second-order valence-electron chi connectivity index (χ2n) is 3.62. The molecule has 0 aliphatic rings. The Morgan fingerprint density at radius 2 is 1.85 bits per heavy atom. The van der Waals surface area contributed by atoms with E-state index in [1.807, 2.05) is 32.9 Å². The van der Waals surface area contributed by atoms with Crippen molar-refractivity contribution < 1.29 is 4.55 Å². The van der Waals surface area contributed by atoms with Crippen molar-refractivity contribution in [3.05, 3.63) is 29.3 Å². The van der Waals surface area contributed by atoms with E-state index in [0.717, 1.165) is 10.5 Å². The number of hydrogen-bond donors (Lipinski definition) is 0. The molecule has 1 nitrogen and oxygen atoms in total. The molecule has 1 aromatic carbocycles. The third-order valence-corrected chi connectivity index (χ3v) is 3.72. The molecule has 13 heavy (non-hydrogen) atoms. The predicted molar refractivity (Wildman–Crippen MR) is 57.5 cm³/mol. The highest BCUT2D eigenvalue weighted by Crippen LogP contribution is 2.20. The minimum Gasteiger partial charge on any atom is -0.611 e. The largest absolute Gasteiger partial charge is 0.611 e. The van der Waals surface area contributed by atoms with Gasteiger partial charge in [0.05, 0.1) is 0 Å². The molecule has 72 valence electrons. The second-order valence-corrected chi connectivity index (χ2v) is 5.59. The van der Waals surface area contributed by atoms with Crippen molar-refractivity contribution in [1.29, 1.82) is 0 Å². The molecule has 1 atom stereocenters. The first-order chi connectivity index (χ1) is 6.02. The second kappa shape index (κ2) is 4.16. The molecule has 0 N–H and O–H groups in total. The molecule has 0 bridgehead atoms. The zero-order valence-corrected chi connectivity index (χ0v) is 9.44. The van der Waals surface area contributed by atoms with E-state index in [0.29, 0.717) is 0 Å². The van der Waals surface area contributed by atoms with Gasteiger partial charge in [0.25, 0.3) is 0 Å². The van der Waals surface area contributed by atoms with Crippen molar-refractivity contribution in [1.82, 2.24) is 0 Å². The molecule has 0 aliphatic heterocycles. The fourth-order valence-electron chi connectivity index (χ4n) is 1.28. The highest BCUT2D eigenvalue weighted by molar-refractivity contribution is 7.92. The minimum atomic E-state index is -0.855. The van der Waals surface area contributed by atoms with E-state index in [-0.39, 0.29) is 5.25 Å². The number of hydrogen-bond acceptors (Lipinski definition) is 1. The molecule has 0 aromatic heterocycles. The van der Waals surface area contributed by atoms with Crippen LogP contribution in [0.25, 0.3) is 0 Å². The lowest BCUT2D eigenvalue weighted by Crippen LogP contribution is -2.15. The summed E-state index contributed by atoms with van der Waals surface area (Å²) >= 11 is -0.855. The summed E-state index contributed by atoms with van der Waals surface area (Å²) in [7, 11) is 0. The summed E-state index contributed by atoms with van der Waals surface area (Å²) < 4.78 is 11.8. The van der Waals surface area contributed by atoms with Crippen LogP contribution >= 0.6 is 0 Å². The van der Waals surface area contributed by atoms with Crippen LogP contribution in [-0.4, -0.2) is 9.80 Å². The van der Waals surface area contributed by atoms with Gasteiger partial charge in [0.15, 0.2) is 4.90 Å². The van der Waals surface area contributed by atoms with E-state index in [1.54, 1.807) is 0 Å². The molecule has 0 saturated heterocycles. The Morgan fingerprint density at radius 3 is 2.31 bits per heavy atom. The Morgan fingerprint density at radius 1 is 1.23 bits per heavy atom. The normalized spacial score (nSPS) is 13.4. The highest BCUT2D eigenvalue weighted by atomic mass is 32.2. The van der Waals surface area contributed by atoms with Crippen molar-refractivity contribution in [2.75, 3.05) is 0 Å². The number of benzene rings is 1. The van der Waals surface area contributed by atoms with E-state index in [4.69, 9.17) is 0 Å². The zero-order valence-electron chi connectivity index (χ0n) is 8.63. The number of aryl methyl sites for hydroxylation is 2. The van der Waals surface area contributed by atoms with Gasteiger partial charge in [-0.05, 0) is 44.9 Å². The maximum atomic E-state index is 11.8. The van der Waals surface area contributed by atoms with Crippen LogP contribution < -0.4 is 0 Å². The topological polar surface area (TPSA) is 23.1 Å². The van der Waals surface area contributed by atoms with Gasteiger partial charge in [0.2, 0.25) is 0 Å². The van der Waals surface area contributed by atoms with Crippen LogP contribution in [0.3, 0.4) is 0 Å². The summed E-state index contributed by atoms with van der Waals surface area (Å²) in [6, 6.07) is 6.07. The van der Waals surface area contributed by atoms with Gasteiger partial charge in [0.1, 0.15) is 5.25 Å². The molecule has 1 unspecified atom stereocenters. The fourth-order valence-corrected chi connectivity index (χ4v) is 2.37. The van der Waals surface area contributed by atoms with Crippen LogP contribution in [0.15, 0.2) is 23.1 Å².